The van der Waals surface area contributed by atoms with Crippen molar-refractivity contribution in [1.29, 1.82) is 0 Å². The molecule has 1 aliphatic rings. The number of hydrogen-bond donors (Lipinski definition) is 1. The van der Waals surface area contributed by atoms with Gasteiger partial charge in [0.1, 0.15) is 5.70 Å². The van der Waals surface area contributed by atoms with Gasteiger partial charge in [-0.25, -0.2) is 4.79 Å². The quantitative estimate of drug-likeness (QED) is 0.745. The van der Waals surface area contributed by atoms with E-state index < -0.39 is 0 Å². The lowest BCUT2D eigenvalue weighted by Crippen LogP contribution is -2.17. The summed E-state index contributed by atoms with van der Waals surface area (Å²) in [6.45, 7) is 0. The molecular formula is C11H12ClNO2. The van der Waals surface area contributed by atoms with Crippen molar-refractivity contribution < 1.29 is 9.53 Å². The fraction of sp³-hybridized carbons (Fsp3) is 0.182. The smallest absolute Gasteiger partial charge is 0.354 e. The summed E-state index contributed by atoms with van der Waals surface area (Å²) in [4.78, 5) is 11.2. The second kappa shape index (κ2) is 4.84. The van der Waals surface area contributed by atoms with Crippen molar-refractivity contribution in [2.75, 3.05) is 12.4 Å². The van der Waals surface area contributed by atoms with E-state index in [1.54, 1.807) is 0 Å². The largest absolute Gasteiger partial charge is 0.464 e. The summed E-state index contributed by atoms with van der Waals surface area (Å²) in [7, 11) is 1.38. The van der Waals surface area contributed by atoms with E-state index >= 15 is 0 Å². The second-order valence-corrected chi connectivity index (χ2v) is 3.10. The number of esters is 1. The maximum absolute atomic E-state index is 11.2. The number of fused-ring (bicyclic) bond motifs is 1. The highest BCUT2D eigenvalue weighted by atomic mass is 35.5. The molecule has 15 heavy (non-hydrogen) atoms. The summed E-state index contributed by atoms with van der Waals surface area (Å²) < 4.78 is 4.63. The maximum atomic E-state index is 11.2. The van der Waals surface area contributed by atoms with Gasteiger partial charge in [-0.3, -0.25) is 0 Å². The SMILES string of the molecule is COC(=O)C1=CCc2ccccc2N1.Cl. The molecule has 0 spiro atoms. The first-order valence-electron chi connectivity index (χ1n) is 4.44. The molecule has 0 aliphatic carbocycles. The van der Waals surface area contributed by atoms with Crippen LogP contribution in [0, 0.1) is 0 Å². The van der Waals surface area contributed by atoms with E-state index in [9.17, 15) is 4.79 Å². The van der Waals surface area contributed by atoms with E-state index in [4.69, 9.17) is 0 Å². The predicted octanol–water partition coefficient (Wildman–Crippen LogP) is 2.13. The average Bonchev–Trinajstić information content (AvgIpc) is 2.27. The molecule has 1 heterocycles. The molecule has 2 rings (SSSR count). The summed E-state index contributed by atoms with van der Waals surface area (Å²) in [5.41, 5.74) is 2.70. The van der Waals surface area contributed by atoms with E-state index in [0.717, 1.165) is 12.1 Å². The molecule has 3 nitrogen and oxygen atoms in total. The topological polar surface area (TPSA) is 38.3 Å². The van der Waals surface area contributed by atoms with Crippen LogP contribution >= 0.6 is 12.4 Å². The lowest BCUT2D eigenvalue weighted by Gasteiger charge is -2.17. The molecule has 1 aromatic carbocycles. The van der Waals surface area contributed by atoms with Crippen molar-refractivity contribution in [2.24, 2.45) is 0 Å². The Kier molecular flexibility index (Phi) is 3.74. The lowest BCUT2D eigenvalue weighted by molar-refractivity contribution is -0.135. The first-order chi connectivity index (χ1) is 6.81. The zero-order chi connectivity index (χ0) is 9.97. The van der Waals surface area contributed by atoms with Gasteiger partial charge in [0, 0.05) is 5.69 Å². The molecule has 0 bridgehead atoms. The first kappa shape index (κ1) is 11.6. The second-order valence-electron chi connectivity index (χ2n) is 3.10. The van der Waals surface area contributed by atoms with Crippen molar-refractivity contribution >= 4 is 24.1 Å². The Bertz CT molecular complexity index is 401. The Morgan fingerprint density at radius 3 is 2.87 bits per heavy atom. The normalized spacial score (nSPS) is 12.7. The molecule has 1 N–H and O–H groups in total. The van der Waals surface area contributed by atoms with Crippen molar-refractivity contribution in [3.63, 3.8) is 0 Å². The number of methoxy groups -OCH3 is 1. The Morgan fingerprint density at radius 2 is 2.13 bits per heavy atom. The van der Waals surface area contributed by atoms with Crippen LogP contribution in [0.3, 0.4) is 0 Å². The highest BCUT2D eigenvalue weighted by Crippen LogP contribution is 2.22. The summed E-state index contributed by atoms with van der Waals surface area (Å²) >= 11 is 0. The van der Waals surface area contributed by atoms with Crippen LogP contribution in [0.15, 0.2) is 36.0 Å². The minimum absolute atomic E-state index is 0. The van der Waals surface area contributed by atoms with Crippen molar-refractivity contribution in [2.45, 2.75) is 6.42 Å². The minimum Gasteiger partial charge on any atom is -0.464 e. The summed E-state index contributed by atoms with van der Waals surface area (Å²) in [5, 5.41) is 3.03. The molecule has 0 fully saturated rings. The van der Waals surface area contributed by atoms with E-state index in [0.29, 0.717) is 5.70 Å². The number of anilines is 1. The zero-order valence-electron chi connectivity index (χ0n) is 8.32. The zero-order valence-corrected chi connectivity index (χ0v) is 9.14. The molecule has 0 aromatic heterocycles. The fourth-order valence-electron chi connectivity index (χ4n) is 1.47. The maximum Gasteiger partial charge on any atom is 0.354 e. The van der Waals surface area contributed by atoms with Crippen LogP contribution in [-0.2, 0) is 16.0 Å². The van der Waals surface area contributed by atoms with Gasteiger partial charge in [0.05, 0.1) is 7.11 Å². The molecule has 4 heteroatoms. The number of para-hydroxylation sites is 1. The molecule has 0 amide bonds. The van der Waals surface area contributed by atoms with Crippen LogP contribution in [0.25, 0.3) is 0 Å². The van der Waals surface area contributed by atoms with Gasteiger partial charge in [-0.2, -0.15) is 0 Å². The number of hydrogen-bond acceptors (Lipinski definition) is 3. The van der Waals surface area contributed by atoms with Gasteiger partial charge in [-0.1, -0.05) is 18.2 Å². The summed E-state index contributed by atoms with van der Waals surface area (Å²) in [6.07, 6.45) is 2.61. The lowest BCUT2D eigenvalue weighted by atomic mass is 10.1. The number of carbonyl (C=O) groups excluding carboxylic acids is 1. The summed E-state index contributed by atoms with van der Waals surface area (Å²) in [5.74, 6) is -0.320. The van der Waals surface area contributed by atoms with Crippen LogP contribution in [0.2, 0.25) is 0 Å². The predicted molar refractivity (Wildman–Crippen MR) is 61.1 cm³/mol. The number of carbonyl (C=O) groups is 1. The Balaban J connectivity index is 0.00000112. The van der Waals surface area contributed by atoms with Crippen LogP contribution in [0.5, 0.6) is 0 Å². The number of allylic oxidation sites excluding steroid dienone is 1. The Hall–Kier alpha value is -1.48. The molecule has 0 saturated heterocycles. The van der Waals surface area contributed by atoms with Crippen LogP contribution in [-0.4, -0.2) is 13.1 Å². The number of benzene rings is 1. The van der Waals surface area contributed by atoms with Crippen LogP contribution < -0.4 is 5.32 Å². The molecule has 1 aromatic rings. The van der Waals surface area contributed by atoms with E-state index in [2.05, 4.69) is 10.1 Å². The average molecular weight is 226 g/mol. The molecule has 0 unspecified atom stereocenters. The highest BCUT2D eigenvalue weighted by molar-refractivity contribution is 5.92. The van der Waals surface area contributed by atoms with Gasteiger partial charge in [-0.15, -0.1) is 12.4 Å². The molecule has 1 aliphatic heterocycles. The van der Waals surface area contributed by atoms with E-state index in [1.165, 1.54) is 12.7 Å². The van der Waals surface area contributed by atoms with Gasteiger partial charge >= 0.3 is 5.97 Å². The van der Waals surface area contributed by atoms with Crippen molar-refractivity contribution in [3.8, 4) is 0 Å². The number of halogens is 1. The summed E-state index contributed by atoms with van der Waals surface area (Å²) in [6, 6.07) is 7.90. The van der Waals surface area contributed by atoms with Gasteiger partial charge in [0.15, 0.2) is 0 Å². The number of rotatable bonds is 1. The molecule has 0 saturated carbocycles. The van der Waals surface area contributed by atoms with Crippen LogP contribution in [0.1, 0.15) is 5.56 Å². The third kappa shape index (κ3) is 2.30. The number of ether oxygens (including phenoxy) is 1. The van der Waals surface area contributed by atoms with Crippen molar-refractivity contribution in [3.05, 3.63) is 41.6 Å². The monoisotopic (exact) mass is 225 g/mol. The van der Waals surface area contributed by atoms with Gasteiger partial charge in [-0.05, 0) is 24.1 Å². The number of nitrogens with one attached hydrogen (secondary N) is 1. The van der Waals surface area contributed by atoms with Gasteiger partial charge in [0.2, 0.25) is 0 Å². The van der Waals surface area contributed by atoms with Gasteiger partial charge in [0.25, 0.3) is 0 Å². The highest BCUT2D eigenvalue weighted by Gasteiger charge is 2.15. The standard InChI is InChI=1S/C11H11NO2.ClH/c1-14-11(13)10-7-6-8-4-2-3-5-9(8)12-10;/h2-5,7,12H,6H2,1H3;1H. The Morgan fingerprint density at radius 1 is 1.40 bits per heavy atom. The molecule has 80 valence electrons. The third-order valence-electron chi connectivity index (χ3n) is 2.22. The third-order valence-corrected chi connectivity index (χ3v) is 2.22. The minimum atomic E-state index is -0.320. The molecular weight excluding hydrogens is 214 g/mol. The Labute approximate surface area is 94.5 Å². The van der Waals surface area contributed by atoms with Gasteiger partial charge < -0.3 is 10.1 Å². The van der Waals surface area contributed by atoms with Crippen molar-refractivity contribution in [1.82, 2.24) is 0 Å². The van der Waals surface area contributed by atoms with E-state index in [1.807, 2.05) is 30.3 Å². The first-order valence-corrected chi connectivity index (χ1v) is 4.44. The van der Waals surface area contributed by atoms with Crippen LogP contribution in [0.4, 0.5) is 5.69 Å². The molecule has 0 atom stereocenters. The fourth-order valence-corrected chi connectivity index (χ4v) is 1.47. The van der Waals surface area contributed by atoms with E-state index in [-0.39, 0.29) is 18.4 Å². The molecule has 0 radical (unpaired) electrons.